The molecule has 0 aromatic rings. The molecule has 0 aliphatic heterocycles. The normalized spacial score (nSPS) is 17.9. The van der Waals surface area contributed by atoms with E-state index in [9.17, 15) is 0 Å². The Labute approximate surface area is 54.1 Å². The van der Waals surface area contributed by atoms with Crippen molar-refractivity contribution in [1.82, 2.24) is 0 Å². The Balaban J connectivity index is 3.17. The highest BCUT2D eigenvalue weighted by atomic mass is 14.0. The molecule has 2 radical (unpaired) electrons. The van der Waals surface area contributed by atoms with E-state index >= 15 is 0 Å². The van der Waals surface area contributed by atoms with Crippen LogP contribution in [0.25, 0.3) is 0 Å². The van der Waals surface area contributed by atoms with Gasteiger partial charge in [-0.3, -0.25) is 0 Å². The molecule has 0 amide bonds. The highest BCUT2D eigenvalue weighted by molar-refractivity contribution is 6.11. The van der Waals surface area contributed by atoms with Crippen molar-refractivity contribution in [3.05, 3.63) is 0 Å². The lowest BCUT2D eigenvalue weighted by atomic mass is 9.77. The Hall–Kier alpha value is 0.0649. The molecular formula is C7H15B. The maximum Gasteiger partial charge on any atom is 0.0699 e. The van der Waals surface area contributed by atoms with Crippen LogP contribution < -0.4 is 0 Å². The van der Waals surface area contributed by atoms with E-state index in [4.69, 9.17) is 7.85 Å². The van der Waals surface area contributed by atoms with E-state index in [-0.39, 0.29) is 0 Å². The Kier molecular flexibility index (Phi) is 4.03. The van der Waals surface area contributed by atoms with E-state index in [2.05, 4.69) is 20.8 Å². The fraction of sp³-hybridized carbons (Fsp3) is 1.00. The quantitative estimate of drug-likeness (QED) is 0.489. The average Bonchev–Trinajstić information content (AvgIpc) is 1.67. The van der Waals surface area contributed by atoms with Crippen LogP contribution in [0, 0.1) is 5.92 Å². The molecule has 1 heteroatoms. The maximum absolute atomic E-state index is 5.62. The highest BCUT2D eigenvalue weighted by Gasteiger charge is 2.03. The Morgan fingerprint density at radius 3 is 2.00 bits per heavy atom. The molecule has 0 N–H and O–H groups in total. The van der Waals surface area contributed by atoms with Crippen molar-refractivity contribution in [1.29, 1.82) is 0 Å². The molecule has 0 nitrogen and oxygen atoms in total. The lowest BCUT2D eigenvalue weighted by Crippen LogP contribution is -2.00. The van der Waals surface area contributed by atoms with E-state index in [1.54, 1.807) is 0 Å². The molecule has 2 atom stereocenters. The van der Waals surface area contributed by atoms with Gasteiger partial charge in [0, 0.05) is 0 Å². The van der Waals surface area contributed by atoms with Crippen LogP contribution in [-0.4, -0.2) is 7.85 Å². The van der Waals surface area contributed by atoms with Gasteiger partial charge in [0.25, 0.3) is 0 Å². The van der Waals surface area contributed by atoms with Crippen molar-refractivity contribution in [3.63, 3.8) is 0 Å². The molecule has 0 bridgehead atoms. The van der Waals surface area contributed by atoms with E-state index < -0.39 is 0 Å². The zero-order chi connectivity index (χ0) is 6.57. The van der Waals surface area contributed by atoms with Gasteiger partial charge in [-0.05, 0) is 5.92 Å². The van der Waals surface area contributed by atoms with Crippen LogP contribution in [0.4, 0.5) is 0 Å². The predicted molar refractivity (Wildman–Crippen MR) is 39.2 cm³/mol. The van der Waals surface area contributed by atoms with Crippen LogP contribution in [0.1, 0.15) is 33.6 Å². The van der Waals surface area contributed by atoms with Gasteiger partial charge < -0.3 is 0 Å². The first-order chi connectivity index (χ1) is 3.68. The first kappa shape index (κ1) is 8.06. The van der Waals surface area contributed by atoms with Gasteiger partial charge in [0.15, 0.2) is 0 Å². The number of hydrogen-bond acceptors (Lipinski definition) is 0. The Morgan fingerprint density at radius 2 is 1.88 bits per heavy atom. The van der Waals surface area contributed by atoms with Crippen molar-refractivity contribution in [2.75, 3.05) is 0 Å². The van der Waals surface area contributed by atoms with Gasteiger partial charge >= 0.3 is 0 Å². The standard InChI is InChI=1S/C7H15B/c1-4-5-6(2)7(3)8/h6-7H,4-5H2,1-3H3. The lowest BCUT2D eigenvalue weighted by molar-refractivity contribution is 0.509. The lowest BCUT2D eigenvalue weighted by Gasteiger charge is -2.13. The molecule has 8 heavy (non-hydrogen) atoms. The van der Waals surface area contributed by atoms with Crippen molar-refractivity contribution < 1.29 is 0 Å². The van der Waals surface area contributed by atoms with Crippen molar-refractivity contribution in [2.24, 2.45) is 5.92 Å². The van der Waals surface area contributed by atoms with Crippen LogP contribution in [0.5, 0.6) is 0 Å². The minimum atomic E-state index is 0.370. The third-order valence-corrected chi connectivity index (χ3v) is 1.64. The van der Waals surface area contributed by atoms with Crippen LogP contribution in [-0.2, 0) is 0 Å². The third kappa shape index (κ3) is 3.12. The zero-order valence-electron chi connectivity index (χ0n) is 6.15. The summed E-state index contributed by atoms with van der Waals surface area (Å²) in [7, 11) is 5.62. The molecule has 0 rings (SSSR count). The average molecular weight is 110 g/mol. The van der Waals surface area contributed by atoms with Gasteiger partial charge in [0.2, 0.25) is 0 Å². The molecule has 0 aromatic carbocycles. The molecule has 0 aliphatic rings. The minimum Gasteiger partial charge on any atom is -0.0776 e. The second-order valence-electron chi connectivity index (χ2n) is 2.63. The summed E-state index contributed by atoms with van der Waals surface area (Å²) in [4.78, 5) is 0. The summed E-state index contributed by atoms with van der Waals surface area (Å²) in [6, 6.07) is 0. The van der Waals surface area contributed by atoms with Crippen LogP contribution in [0.15, 0.2) is 0 Å². The predicted octanol–water partition coefficient (Wildman–Crippen LogP) is 2.40. The Morgan fingerprint density at radius 1 is 1.38 bits per heavy atom. The summed E-state index contributed by atoms with van der Waals surface area (Å²) in [5.74, 6) is 1.06. The number of rotatable bonds is 3. The molecule has 0 fully saturated rings. The minimum absolute atomic E-state index is 0.370. The van der Waals surface area contributed by atoms with Gasteiger partial charge in [-0.1, -0.05) is 39.4 Å². The fourth-order valence-corrected chi connectivity index (χ4v) is 0.718. The van der Waals surface area contributed by atoms with Gasteiger partial charge in [0.1, 0.15) is 0 Å². The molecule has 0 saturated carbocycles. The van der Waals surface area contributed by atoms with Crippen LogP contribution >= 0.6 is 0 Å². The van der Waals surface area contributed by atoms with Crippen LogP contribution in [0.2, 0.25) is 5.82 Å². The monoisotopic (exact) mass is 110 g/mol. The molecule has 0 aliphatic carbocycles. The van der Waals surface area contributed by atoms with Crippen molar-refractivity contribution in [2.45, 2.75) is 39.4 Å². The second-order valence-corrected chi connectivity index (χ2v) is 2.63. The molecule has 46 valence electrons. The summed E-state index contributed by atoms with van der Waals surface area (Å²) < 4.78 is 0. The van der Waals surface area contributed by atoms with Crippen LogP contribution in [0.3, 0.4) is 0 Å². The maximum atomic E-state index is 5.62. The summed E-state index contributed by atoms with van der Waals surface area (Å²) >= 11 is 0. The molecule has 0 heterocycles. The molecule has 0 spiro atoms. The fourth-order valence-electron chi connectivity index (χ4n) is 0.718. The second kappa shape index (κ2) is 4.00. The van der Waals surface area contributed by atoms with Gasteiger partial charge in [-0.2, -0.15) is 0 Å². The van der Waals surface area contributed by atoms with Gasteiger partial charge in [-0.25, -0.2) is 0 Å². The van der Waals surface area contributed by atoms with Crippen molar-refractivity contribution >= 4 is 7.85 Å². The van der Waals surface area contributed by atoms with Gasteiger partial charge in [-0.15, -0.1) is 0 Å². The summed E-state index contributed by atoms with van der Waals surface area (Å²) in [6.45, 7) is 6.47. The largest absolute Gasteiger partial charge is 0.0776 e. The summed E-state index contributed by atoms with van der Waals surface area (Å²) in [6.07, 6.45) is 2.51. The first-order valence-electron chi connectivity index (χ1n) is 3.44. The number of hydrogen-bond donors (Lipinski definition) is 0. The third-order valence-electron chi connectivity index (χ3n) is 1.64. The van der Waals surface area contributed by atoms with Gasteiger partial charge in [0.05, 0.1) is 7.85 Å². The smallest absolute Gasteiger partial charge is 0.0699 e. The highest BCUT2D eigenvalue weighted by Crippen LogP contribution is 2.17. The summed E-state index contributed by atoms with van der Waals surface area (Å²) in [5, 5.41) is 0. The van der Waals surface area contributed by atoms with E-state index in [1.807, 2.05) is 0 Å². The summed E-state index contributed by atoms with van der Waals surface area (Å²) in [5.41, 5.74) is 0. The van der Waals surface area contributed by atoms with Crippen molar-refractivity contribution in [3.8, 4) is 0 Å². The van der Waals surface area contributed by atoms with E-state index in [1.165, 1.54) is 12.8 Å². The SMILES string of the molecule is [B]C(C)C(C)CCC. The Bertz CT molecular complexity index is 50.3. The molecule has 0 saturated heterocycles. The van der Waals surface area contributed by atoms with E-state index in [0.717, 1.165) is 0 Å². The molecule has 0 aromatic heterocycles. The van der Waals surface area contributed by atoms with E-state index in [0.29, 0.717) is 11.7 Å². The molecular weight excluding hydrogens is 94.9 g/mol. The molecule has 2 unspecified atom stereocenters. The first-order valence-corrected chi connectivity index (χ1v) is 3.44. The zero-order valence-corrected chi connectivity index (χ0v) is 6.15. The topological polar surface area (TPSA) is 0 Å².